The van der Waals surface area contributed by atoms with Gasteiger partial charge in [-0.05, 0) is 49.4 Å². The predicted molar refractivity (Wildman–Crippen MR) is 119 cm³/mol. The molecule has 2 aliphatic rings. The maximum Gasteiger partial charge on any atom is 0.451 e. The van der Waals surface area contributed by atoms with Gasteiger partial charge in [0, 0.05) is 41.1 Å². The second kappa shape index (κ2) is 10.0. The molecule has 174 valence electrons. The fourth-order valence-corrected chi connectivity index (χ4v) is 5.20. The smallest absolute Gasteiger partial charge is 0.330 e. The molecule has 12 heteroatoms. The van der Waals surface area contributed by atoms with E-state index in [1.807, 2.05) is 6.07 Å². The topological polar surface area (TPSA) is 60.0 Å². The van der Waals surface area contributed by atoms with Crippen LogP contribution in [0.15, 0.2) is 18.2 Å². The summed E-state index contributed by atoms with van der Waals surface area (Å²) in [5.74, 6) is -0.536. The van der Waals surface area contributed by atoms with Crippen LogP contribution >= 0.6 is 48.0 Å². The molecule has 1 saturated carbocycles. The van der Waals surface area contributed by atoms with Gasteiger partial charge < -0.3 is 10.3 Å². The minimum atomic E-state index is -4.48. The zero-order valence-corrected chi connectivity index (χ0v) is 19.7. The summed E-state index contributed by atoms with van der Waals surface area (Å²) in [5, 5.41) is 8.45. The largest absolute Gasteiger partial charge is 0.451 e. The SMILES string of the molecule is Cl.Cl.NCC1(c2cc(Cl)ccc2Cl)CCC(N2CCn3c(nnc3C(F)(F)F)C2)CC1. The molecular weight excluding hydrogens is 497 g/mol. The van der Waals surface area contributed by atoms with Gasteiger partial charge in [0.05, 0.1) is 6.54 Å². The minimum absolute atomic E-state index is 0. The van der Waals surface area contributed by atoms with Gasteiger partial charge in [0.25, 0.3) is 0 Å². The van der Waals surface area contributed by atoms with Crippen LogP contribution in [0.2, 0.25) is 10.0 Å². The summed E-state index contributed by atoms with van der Waals surface area (Å²) in [7, 11) is 0. The first-order valence-corrected chi connectivity index (χ1v) is 10.4. The first kappa shape index (κ1) is 26.5. The van der Waals surface area contributed by atoms with E-state index in [0.29, 0.717) is 35.5 Å². The fourth-order valence-electron chi connectivity index (χ4n) is 4.71. The second-order valence-corrected chi connectivity index (χ2v) is 8.74. The van der Waals surface area contributed by atoms with E-state index < -0.39 is 12.0 Å². The number of alkyl halides is 3. The molecule has 5 nitrogen and oxygen atoms in total. The summed E-state index contributed by atoms with van der Waals surface area (Å²) in [6.45, 7) is 1.65. The summed E-state index contributed by atoms with van der Waals surface area (Å²) in [4.78, 5) is 2.21. The number of nitrogens with two attached hydrogens (primary N) is 1. The molecule has 4 rings (SSSR count). The van der Waals surface area contributed by atoms with E-state index in [1.165, 1.54) is 4.57 Å². The standard InChI is InChI=1S/C19H22Cl2F3N5.2ClH/c20-12-1-2-15(21)14(9-12)18(11-25)5-3-13(4-6-18)28-7-8-29-16(10-28)26-27-17(29)19(22,23)24;;/h1-2,9,13H,3-8,10-11,25H2;2*1H. The van der Waals surface area contributed by atoms with Crippen molar-refractivity contribution in [2.24, 2.45) is 5.73 Å². The van der Waals surface area contributed by atoms with Crippen LogP contribution in [-0.4, -0.2) is 38.8 Å². The van der Waals surface area contributed by atoms with Crippen molar-refractivity contribution in [2.45, 2.75) is 56.4 Å². The van der Waals surface area contributed by atoms with E-state index in [1.54, 1.807) is 12.1 Å². The van der Waals surface area contributed by atoms with Crippen molar-refractivity contribution in [2.75, 3.05) is 13.1 Å². The second-order valence-electron chi connectivity index (χ2n) is 7.90. The van der Waals surface area contributed by atoms with Gasteiger partial charge >= 0.3 is 6.18 Å². The van der Waals surface area contributed by atoms with Crippen molar-refractivity contribution >= 4 is 48.0 Å². The summed E-state index contributed by atoms with van der Waals surface area (Å²) in [6.07, 6.45) is -0.994. The highest BCUT2D eigenvalue weighted by Gasteiger charge is 2.42. The third-order valence-electron chi connectivity index (χ3n) is 6.36. The van der Waals surface area contributed by atoms with E-state index in [9.17, 15) is 13.2 Å². The molecule has 2 aromatic rings. The molecule has 2 N–H and O–H groups in total. The van der Waals surface area contributed by atoms with Gasteiger partial charge in [0.1, 0.15) is 5.82 Å². The van der Waals surface area contributed by atoms with Gasteiger partial charge in [-0.15, -0.1) is 35.0 Å². The highest BCUT2D eigenvalue weighted by Crippen LogP contribution is 2.44. The Morgan fingerprint density at radius 3 is 2.39 bits per heavy atom. The highest BCUT2D eigenvalue weighted by molar-refractivity contribution is 6.33. The van der Waals surface area contributed by atoms with Crippen LogP contribution in [0, 0.1) is 0 Å². The Balaban J connectivity index is 0.00000171. The lowest BCUT2D eigenvalue weighted by molar-refractivity contribution is -0.148. The number of hydrogen-bond acceptors (Lipinski definition) is 4. The molecule has 0 spiro atoms. The van der Waals surface area contributed by atoms with Crippen LogP contribution in [0.3, 0.4) is 0 Å². The average molecular weight is 521 g/mol. The molecule has 1 aliphatic heterocycles. The van der Waals surface area contributed by atoms with Gasteiger partial charge in [0.15, 0.2) is 0 Å². The van der Waals surface area contributed by atoms with Crippen molar-refractivity contribution in [3.8, 4) is 0 Å². The van der Waals surface area contributed by atoms with Crippen LogP contribution in [-0.2, 0) is 24.7 Å². The Labute approximate surface area is 201 Å². The van der Waals surface area contributed by atoms with Gasteiger partial charge in [-0.25, -0.2) is 0 Å². The molecular formula is C19H24Cl4F3N5. The maximum atomic E-state index is 13.0. The molecule has 1 aliphatic carbocycles. The van der Waals surface area contributed by atoms with E-state index in [4.69, 9.17) is 28.9 Å². The monoisotopic (exact) mass is 519 g/mol. The van der Waals surface area contributed by atoms with Crippen molar-refractivity contribution in [3.63, 3.8) is 0 Å². The van der Waals surface area contributed by atoms with Crippen LogP contribution in [0.5, 0.6) is 0 Å². The lowest BCUT2D eigenvalue weighted by Gasteiger charge is -2.44. The van der Waals surface area contributed by atoms with Crippen LogP contribution in [0.1, 0.15) is 42.9 Å². The fraction of sp³-hybridized carbons (Fsp3) is 0.579. The third kappa shape index (κ3) is 5.09. The van der Waals surface area contributed by atoms with Crippen LogP contribution in [0.25, 0.3) is 0 Å². The molecule has 0 bridgehead atoms. The third-order valence-corrected chi connectivity index (χ3v) is 6.92. The Morgan fingerprint density at radius 1 is 1.10 bits per heavy atom. The summed E-state index contributed by atoms with van der Waals surface area (Å²) >= 11 is 12.6. The number of hydrogen-bond donors (Lipinski definition) is 1. The molecule has 0 saturated heterocycles. The first-order chi connectivity index (χ1) is 13.7. The molecule has 0 atom stereocenters. The Hall–Kier alpha value is -0.770. The van der Waals surface area contributed by atoms with Crippen molar-refractivity contribution in [1.29, 1.82) is 0 Å². The number of benzene rings is 1. The van der Waals surface area contributed by atoms with Crippen molar-refractivity contribution in [1.82, 2.24) is 19.7 Å². The van der Waals surface area contributed by atoms with Crippen LogP contribution in [0.4, 0.5) is 13.2 Å². The summed E-state index contributed by atoms with van der Waals surface area (Å²) < 4.78 is 40.3. The van der Waals surface area contributed by atoms with Gasteiger partial charge in [-0.3, -0.25) is 4.90 Å². The quantitative estimate of drug-likeness (QED) is 0.611. The molecule has 1 fully saturated rings. The van der Waals surface area contributed by atoms with Gasteiger partial charge in [-0.2, -0.15) is 13.2 Å². The summed E-state index contributed by atoms with van der Waals surface area (Å²) in [5.41, 5.74) is 6.94. The Kier molecular flexibility index (Phi) is 8.55. The molecule has 1 aromatic heterocycles. The van der Waals surface area contributed by atoms with Crippen LogP contribution < -0.4 is 5.73 Å². The lowest BCUT2D eigenvalue weighted by atomic mass is 9.68. The molecule has 2 heterocycles. The zero-order chi connectivity index (χ0) is 20.8. The van der Waals surface area contributed by atoms with E-state index >= 15 is 0 Å². The Morgan fingerprint density at radius 2 is 1.77 bits per heavy atom. The van der Waals surface area contributed by atoms with Crippen molar-refractivity contribution in [3.05, 3.63) is 45.5 Å². The minimum Gasteiger partial charge on any atom is -0.330 e. The zero-order valence-electron chi connectivity index (χ0n) is 16.5. The number of halogens is 7. The summed E-state index contributed by atoms with van der Waals surface area (Å²) in [6, 6.07) is 5.74. The number of nitrogens with zero attached hydrogens (tertiary/aromatic N) is 4. The molecule has 1 aromatic carbocycles. The molecule has 0 radical (unpaired) electrons. The number of rotatable bonds is 3. The number of fused-ring (bicyclic) bond motifs is 1. The van der Waals surface area contributed by atoms with E-state index in [2.05, 4.69) is 15.1 Å². The maximum absolute atomic E-state index is 13.0. The first-order valence-electron chi connectivity index (χ1n) is 9.62. The van der Waals surface area contributed by atoms with E-state index in [-0.39, 0.29) is 42.8 Å². The predicted octanol–water partition coefficient (Wildman–Crippen LogP) is 5.10. The molecule has 31 heavy (non-hydrogen) atoms. The average Bonchev–Trinajstić information content (AvgIpc) is 3.13. The van der Waals surface area contributed by atoms with Gasteiger partial charge in [0.2, 0.25) is 5.82 Å². The molecule has 0 amide bonds. The molecule has 0 unspecified atom stereocenters. The Bertz CT molecular complexity index is 897. The highest BCUT2D eigenvalue weighted by atomic mass is 35.5. The van der Waals surface area contributed by atoms with Gasteiger partial charge in [-0.1, -0.05) is 23.2 Å². The lowest BCUT2D eigenvalue weighted by Crippen LogP contribution is -2.48. The van der Waals surface area contributed by atoms with E-state index in [0.717, 1.165) is 31.2 Å². The number of aromatic nitrogens is 3. The van der Waals surface area contributed by atoms with Crippen molar-refractivity contribution < 1.29 is 13.2 Å². The normalized spacial score (nSPS) is 24.1.